The third-order valence-electron chi connectivity index (χ3n) is 5.29. The van der Waals surface area contributed by atoms with E-state index in [0.717, 1.165) is 11.8 Å². The fourth-order valence-electron chi connectivity index (χ4n) is 3.73. The predicted octanol–water partition coefficient (Wildman–Crippen LogP) is 4.23. The number of nitro benzene ring substituents is 1. The Balaban J connectivity index is 1.90. The number of dihydropyridines is 1. The van der Waals surface area contributed by atoms with Crippen molar-refractivity contribution in [1.29, 1.82) is 5.26 Å². The predicted molar refractivity (Wildman–Crippen MR) is 135 cm³/mol. The number of hydrogen-bond acceptors (Lipinski definition) is 9. The minimum Gasteiger partial charge on any atom is -0.494 e. The van der Waals surface area contributed by atoms with Crippen molar-refractivity contribution in [2.45, 2.75) is 19.8 Å². The molecule has 1 unspecified atom stereocenters. The number of benzene rings is 2. The van der Waals surface area contributed by atoms with Gasteiger partial charge in [0.15, 0.2) is 0 Å². The summed E-state index contributed by atoms with van der Waals surface area (Å²) in [5.41, 5.74) is 1.98. The van der Waals surface area contributed by atoms with Crippen LogP contribution in [0.3, 0.4) is 0 Å². The largest absolute Gasteiger partial charge is 0.494 e. The van der Waals surface area contributed by atoms with Crippen LogP contribution >= 0.6 is 11.8 Å². The lowest BCUT2D eigenvalue weighted by Crippen LogP contribution is -2.29. The van der Waals surface area contributed by atoms with E-state index in [1.54, 1.807) is 31.2 Å². The summed E-state index contributed by atoms with van der Waals surface area (Å²) in [6, 6.07) is 14.8. The zero-order valence-corrected chi connectivity index (χ0v) is 20.7. The highest BCUT2D eigenvalue weighted by atomic mass is 32.2. The standard InChI is InChI=1S/C25H24N4O6S/c1-4-35-20-8-6-5-7-18(20)23-19(13-26)24(27-15(2)22(23)25(31)34-3)36-14-21(30)28-16-9-11-17(12-10-16)29(32)33/h5-12,23,27H,4,14H2,1-3H3,(H,28,30). The first kappa shape index (κ1) is 26.3. The number of nitrogens with zero attached hydrogens (tertiary/aromatic N) is 2. The smallest absolute Gasteiger partial charge is 0.336 e. The quantitative estimate of drug-likeness (QED) is 0.289. The van der Waals surface area contributed by atoms with Gasteiger partial charge in [0, 0.05) is 29.1 Å². The van der Waals surface area contributed by atoms with Gasteiger partial charge in [-0.1, -0.05) is 30.0 Å². The van der Waals surface area contributed by atoms with Crippen LogP contribution in [0.5, 0.6) is 5.75 Å². The third kappa shape index (κ3) is 5.84. The zero-order valence-electron chi connectivity index (χ0n) is 19.9. The molecule has 0 saturated heterocycles. The highest BCUT2D eigenvalue weighted by Crippen LogP contribution is 2.44. The molecule has 36 heavy (non-hydrogen) atoms. The summed E-state index contributed by atoms with van der Waals surface area (Å²) in [5.74, 6) is -1.22. The van der Waals surface area contributed by atoms with Gasteiger partial charge in [-0.15, -0.1) is 0 Å². The first-order valence-electron chi connectivity index (χ1n) is 10.9. The first-order valence-corrected chi connectivity index (χ1v) is 11.9. The van der Waals surface area contributed by atoms with E-state index < -0.39 is 16.8 Å². The Morgan fingerprint density at radius 1 is 1.22 bits per heavy atom. The number of thioether (sulfide) groups is 1. The highest BCUT2D eigenvalue weighted by molar-refractivity contribution is 8.03. The first-order chi connectivity index (χ1) is 17.3. The molecule has 2 aromatic carbocycles. The van der Waals surface area contributed by atoms with Crippen molar-refractivity contribution in [3.05, 3.63) is 86.1 Å². The average Bonchev–Trinajstić information content (AvgIpc) is 2.87. The number of non-ortho nitro benzene ring substituents is 1. The molecule has 0 bridgehead atoms. The average molecular weight is 509 g/mol. The van der Waals surface area contributed by atoms with Gasteiger partial charge in [0.05, 0.1) is 52.6 Å². The number of para-hydroxylation sites is 1. The van der Waals surface area contributed by atoms with Crippen LogP contribution < -0.4 is 15.4 Å². The zero-order chi connectivity index (χ0) is 26.2. The van der Waals surface area contributed by atoms with Gasteiger partial charge in [-0.2, -0.15) is 5.26 Å². The molecule has 11 heteroatoms. The molecule has 1 aliphatic heterocycles. The highest BCUT2D eigenvalue weighted by Gasteiger charge is 2.37. The van der Waals surface area contributed by atoms with Crippen molar-refractivity contribution < 1.29 is 24.0 Å². The summed E-state index contributed by atoms with van der Waals surface area (Å²) in [4.78, 5) is 35.6. The number of amides is 1. The minimum atomic E-state index is -0.758. The second-order valence-electron chi connectivity index (χ2n) is 7.55. The molecule has 1 amide bonds. The molecule has 1 aliphatic rings. The van der Waals surface area contributed by atoms with Gasteiger partial charge < -0.3 is 20.1 Å². The number of allylic oxidation sites excluding steroid dienone is 2. The Kier molecular flexibility index (Phi) is 8.70. The van der Waals surface area contributed by atoms with Crippen LogP contribution in [0.4, 0.5) is 11.4 Å². The van der Waals surface area contributed by atoms with E-state index in [-0.39, 0.29) is 28.5 Å². The molecule has 186 valence electrons. The van der Waals surface area contributed by atoms with E-state index >= 15 is 0 Å². The summed E-state index contributed by atoms with van der Waals surface area (Å²) >= 11 is 1.11. The Hall–Kier alpha value is -4.30. The summed E-state index contributed by atoms with van der Waals surface area (Å²) in [5, 5.41) is 27.1. The molecule has 0 saturated carbocycles. The van der Waals surface area contributed by atoms with Crippen molar-refractivity contribution in [1.82, 2.24) is 5.32 Å². The number of rotatable bonds is 9. The van der Waals surface area contributed by atoms with Crippen LogP contribution in [0.1, 0.15) is 25.3 Å². The Morgan fingerprint density at radius 2 is 1.92 bits per heavy atom. The molecule has 0 radical (unpaired) electrons. The molecule has 3 rings (SSSR count). The van der Waals surface area contributed by atoms with Crippen LogP contribution in [0.2, 0.25) is 0 Å². The topological polar surface area (TPSA) is 144 Å². The van der Waals surface area contributed by atoms with Gasteiger partial charge in [0.2, 0.25) is 5.91 Å². The summed E-state index contributed by atoms with van der Waals surface area (Å²) in [6.07, 6.45) is 0. The number of nitro groups is 1. The Morgan fingerprint density at radius 3 is 2.53 bits per heavy atom. The van der Waals surface area contributed by atoms with E-state index in [1.165, 1.54) is 31.4 Å². The lowest BCUT2D eigenvalue weighted by Gasteiger charge is -2.30. The van der Waals surface area contributed by atoms with Gasteiger partial charge in [-0.3, -0.25) is 14.9 Å². The summed E-state index contributed by atoms with van der Waals surface area (Å²) in [7, 11) is 1.27. The molecular weight excluding hydrogens is 484 g/mol. The number of methoxy groups -OCH3 is 1. The molecule has 0 aliphatic carbocycles. The lowest BCUT2D eigenvalue weighted by molar-refractivity contribution is -0.384. The van der Waals surface area contributed by atoms with E-state index in [2.05, 4.69) is 16.7 Å². The van der Waals surface area contributed by atoms with Crippen LogP contribution in [0.15, 0.2) is 70.4 Å². The number of anilines is 1. The molecule has 1 atom stereocenters. The van der Waals surface area contributed by atoms with E-state index in [0.29, 0.717) is 34.3 Å². The number of carbonyl (C=O) groups excluding carboxylic acids is 2. The second kappa shape index (κ2) is 11.9. The van der Waals surface area contributed by atoms with Gasteiger partial charge >= 0.3 is 5.97 Å². The number of nitriles is 1. The maximum atomic E-state index is 12.7. The van der Waals surface area contributed by atoms with Crippen molar-refractivity contribution in [3.8, 4) is 11.8 Å². The fraction of sp³-hybridized carbons (Fsp3) is 0.240. The van der Waals surface area contributed by atoms with E-state index in [9.17, 15) is 25.0 Å². The number of esters is 1. The van der Waals surface area contributed by atoms with Crippen LogP contribution in [-0.2, 0) is 14.3 Å². The second-order valence-corrected chi connectivity index (χ2v) is 8.54. The van der Waals surface area contributed by atoms with Crippen LogP contribution in [-0.4, -0.2) is 36.3 Å². The summed E-state index contributed by atoms with van der Waals surface area (Å²) in [6.45, 7) is 3.94. The number of hydrogen-bond donors (Lipinski definition) is 2. The van der Waals surface area contributed by atoms with Gasteiger partial charge in [-0.25, -0.2) is 4.79 Å². The molecule has 2 aromatic rings. The molecule has 2 N–H and O–H groups in total. The lowest BCUT2D eigenvalue weighted by atomic mass is 9.82. The molecule has 10 nitrogen and oxygen atoms in total. The van der Waals surface area contributed by atoms with E-state index in [4.69, 9.17) is 9.47 Å². The minimum absolute atomic E-state index is 0.0504. The van der Waals surface area contributed by atoms with Crippen molar-refractivity contribution in [2.24, 2.45) is 0 Å². The SMILES string of the molecule is CCOc1ccccc1C1C(C#N)=C(SCC(=O)Nc2ccc([N+](=O)[O-])cc2)NC(C)=C1C(=O)OC. The maximum absolute atomic E-state index is 12.7. The Labute approximate surface area is 212 Å². The van der Waals surface area contributed by atoms with Gasteiger partial charge in [-0.05, 0) is 32.0 Å². The molecule has 0 spiro atoms. The molecule has 1 heterocycles. The number of carbonyl (C=O) groups is 2. The maximum Gasteiger partial charge on any atom is 0.336 e. The monoisotopic (exact) mass is 508 g/mol. The van der Waals surface area contributed by atoms with Crippen molar-refractivity contribution in [2.75, 3.05) is 24.8 Å². The van der Waals surface area contributed by atoms with Crippen LogP contribution in [0.25, 0.3) is 0 Å². The molecule has 0 fully saturated rings. The molecule has 0 aromatic heterocycles. The fourth-order valence-corrected chi connectivity index (χ4v) is 4.62. The summed E-state index contributed by atoms with van der Waals surface area (Å²) < 4.78 is 10.8. The van der Waals surface area contributed by atoms with Gasteiger partial charge in [0.1, 0.15) is 5.75 Å². The Bertz CT molecular complexity index is 1280. The third-order valence-corrected chi connectivity index (χ3v) is 6.31. The van der Waals surface area contributed by atoms with Crippen LogP contribution in [0, 0.1) is 21.4 Å². The van der Waals surface area contributed by atoms with Crippen molar-refractivity contribution >= 4 is 35.0 Å². The van der Waals surface area contributed by atoms with Gasteiger partial charge in [0.25, 0.3) is 5.69 Å². The number of ether oxygens (including phenoxy) is 2. The van der Waals surface area contributed by atoms with Crippen molar-refractivity contribution in [3.63, 3.8) is 0 Å². The van der Waals surface area contributed by atoms with E-state index in [1.807, 2.05) is 6.92 Å². The normalized spacial score (nSPS) is 15.0. The number of nitrogens with one attached hydrogen (secondary N) is 2. The molecular formula is C25H24N4O6S.